The van der Waals surface area contributed by atoms with Gasteiger partial charge >= 0.3 is 6.09 Å². The number of hydrogen-bond acceptors (Lipinski definition) is 13. The molecular formula is C37H44N10O7S. The Bertz CT molecular complexity index is 2070. The summed E-state index contributed by atoms with van der Waals surface area (Å²) in [5.41, 5.74) is -0.483. The Morgan fingerprint density at radius 1 is 1.11 bits per heavy atom. The van der Waals surface area contributed by atoms with Gasteiger partial charge in [-0.3, -0.25) is 19.7 Å². The molecule has 1 aliphatic heterocycles. The molecule has 55 heavy (non-hydrogen) atoms. The quantitative estimate of drug-likeness (QED) is 0.150. The van der Waals surface area contributed by atoms with Crippen LogP contribution in [0.15, 0.2) is 48.4 Å². The van der Waals surface area contributed by atoms with Gasteiger partial charge in [-0.25, -0.2) is 14.8 Å². The van der Waals surface area contributed by atoms with Crippen molar-refractivity contribution in [3.05, 3.63) is 48.4 Å². The average Bonchev–Trinajstić information content (AvgIpc) is 3.83. The average molecular weight is 773 g/mol. The van der Waals surface area contributed by atoms with E-state index in [2.05, 4.69) is 43.2 Å². The Hall–Kier alpha value is -5.65. The number of amides is 4. The molecule has 4 amide bonds. The number of carbonyl (C=O) groups excluding carboxylic acids is 4. The van der Waals surface area contributed by atoms with Crippen LogP contribution in [0.4, 0.5) is 10.7 Å². The van der Waals surface area contributed by atoms with Crippen molar-refractivity contribution >= 4 is 52.1 Å². The standard InChI is InChI=1S/C37H44N10O7S/c1-6-20-18-37(20,33(50)41-34-43-45-46-44-34)42-30(48)26-17-23(19-47(26)32(49)29(36(2,3)4)40-35(51)54-21-10-7-8-11-21)53-31-28(27-12-9-15-55-27)38-25-16-22(52-5)13-14-24(25)39-31/h6,9,12-16,20-21,23,26,29H,1,7-8,10-11,17-19H2,2-5H3,(H,40,51)(H,42,48)(H2,41,43,44,45,46,50)/t20-,23-,26+,29-,37-/m1/s1. The van der Waals surface area contributed by atoms with E-state index in [1.165, 1.54) is 16.2 Å². The second-order valence-electron chi connectivity index (χ2n) is 15.1. The minimum atomic E-state index is -1.36. The van der Waals surface area contributed by atoms with Crippen molar-refractivity contribution in [1.82, 2.24) is 46.1 Å². The number of hydrogen-bond donors (Lipinski definition) is 4. The number of nitrogens with zero attached hydrogens (tertiary/aromatic N) is 6. The molecule has 3 aromatic heterocycles. The van der Waals surface area contributed by atoms with Crippen LogP contribution in [0.5, 0.6) is 11.6 Å². The van der Waals surface area contributed by atoms with E-state index in [1.54, 1.807) is 31.4 Å². The smallest absolute Gasteiger partial charge is 0.408 e. The molecule has 0 bridgehead atoms. The number of H-pyrrole nitrogens is 1. The molecule has 0 spiro atoms. The zero-order chi connectivity index (χ0) is 38.9. The summed E-state index contributed by atoms with van der Waals surface area (Å²) in [4.78, 5) is 67.7. The molecule has 4 aromatic rings. The lowest BCUT2D eigenvalue weighted by Crippen LogP contribution is -2.59. The van der Waals surface area contributed by atoms with Crippen molar-refractivity contribution in [2.75, 3.05) is 19.0 Å². The molecule has 0 radical (unpaired) electrons. The maximum atomic E-state index is 14.7. The Balaban J connectivity index is 1.19. The fourth-order valence-corrected chi connectivity index (χ4v) is 7.93. The second kappa shape index (κ2) is 15.2. The van der Waals surface area contributed by atoms with Crippen molar-refractivity contribution in [2.45, 2.75) is 89.1 Å². The van der Waals surface area contributed by atoms with Gasteiger partial charge in [0.2, 0.25) is 17.7 Å². The molecule has 5 atom stereocenters. The topological polar surface area (TPSA) is 216 Å². The van der Waals surface area contributed by atoms with Gasteiger partial charge in [0.25, 0.3) is 11.9 Å². The van der Waals surface area contributed by atoms with Crippen LogP contribution in [-0.4, -0.2) is 103 Å². The third-order valence-electron chi connectivity index (χ3n) is 10.3. The number of fused-ring (bicyclic) bond motifs is 1. The predicted molar refractivity (Wildman–Crippen MR) is 201 cm³/mol. The highest BCUT2D eigenvalue weighted by Gasteiger charge is 2.61. The first kappa shape index (κ1) is 37.7. The third-order valence-corrected chi connectivity index (χ3v) is 11.2. The van der Waals surface area contributed by atoms with Gasteiger partial charge < -0.3 is 29.7 Å². The van der Waals surface area contributed by atoms with Gasteiger partial charge in [-0.1, -0.05) is 38.0 Å². The molecule has 4 heterocycles. The van der Waals surface area contributed by atoms with Crippen molar-refractivity contribution in [3.8, 4) is 22.2 Å². The SMILES string of the molecule is C=C[C@@H]1C[C@]1(NC(=O)[C@@H]1C[C@@H](Oc2nc3ccc(OC)cc3nc2-c2cccs2)CN1C(=O)[C@@H](NC(=O)OC1CCCC1)C(C)(C)C)C(=O)Nc1nn[nH]n1. The number of aromatic amines is 1. The highest BCUT2D eigenvalue weighted by Crippen LogP contribution is 2.45. The number of tetrazole rings is 1. The first-order valence-electron chi connectivity index (χ1n) is 18.2. The van der Waals surface area contributed by atoms with E-state index >= 15 is 0 Å². The molecule has 2 aliphatic carbocycles. The number of benzene rings is 1. The van der Waals surface area contributed by atoms with Crippen LogP contribution in [0.3, 0.4) is 0 Å². The number of methoxy groups -OCH3 is 1. The Labute approximate surface area is 321 Å². The van der Waals surface area contributed by atoms with Crippen molar-refractivity contribution in [3.63, 3.8) is 0 Å². The molecule has 1 saturated heterocycles. The lowest BCUT2D eigenvalue weighted by molar-refractivity contribution is -0.142. The minimum Gasteiger partial charge on any atom is -0.497 e. The van der Waals surface area contributed by atoms with Gasteiger partial charge in [-0.15, -0.1) is 23.0 Å². The van der Waals surface area contributed by atoms with Gasteiger partial charge in [0.05, 0.1) is 29.6 Å². The molecule has 7 rings (SSSR count). The van der Waals surface area contributed by atoms with E-state index in [0.717, 1.165) is 30.6 Å². The van der Waals surface area contributed by atoms with Gasteiger partial charge in [-0.05, 0) is 66.3 Å². The van der Waals surface area contributed by atoms with Crippen LogP contribution >= 0.6 is 11.3 Å². The monoisotopic (exact) mass is 772 g/mol. The zero-order valence-corrected chi connectivity index (χ0v) is 31.9. The van der Waals surface area contributed by atoms with E-state index in [-0.39, 0.29) is 37.3 Å². The number of anilines is 1. The number of nitrogens with one attached hydrogen (secondary N) is 4. The van der Waals surface area contributed by atoms with Crippen LogP contribution in [0.25, 0.3) is 21.6 Å². The van der Waals surface area contributed by atoms with Crippen LogP contribution < -0.4 is 25.4 Å². The number of aromatic nitrogens is 6. The number of alkyl carbamates (subject to hydrolysis) is 1. The molecule has 17 nitrogen and oxygen atoms in total. The number of carbonyl (C=O) groups is 4. The predicted octanol–water partition coefficient (Wildman–Crippen LogP) is 4.01. The fraction of sp³-hybridized carbons (Fsp3) is 0.486. The lowest BCUT2D eigenvalue weighted by atomic mass is 9.85. The molecule has 3 fully saturated rings. The normalized spacial score (nSPS) is 22.8. The van der Waals surface area contributed by atoms with E-state index in [4.69, 9.17) is 24.2 Å². The maximum absolute atomic E-state index is 14.7. The van der Waals surface area contributed by atoms with Gasteiger partial charge in [0.1, 0.15) is 41.3 Å². The molecular weight excluding hydrogens is 729 g/mol. The van der Waals surface area contributed by atoms with Crippen molar-refractivity contribution in [1.29, 1.82) is 0 Å². The summed E-state index contributed by atoms with van der Waals surface area (Å²) in [5.74, 6) is -1.23. The van der Waals surface area contributed by atoms with Crippen LogP contribution in [0, 0.1) is 11.3 Å². The lowest BCUT2D eigenvalue weighted by Gasteiger charge is -2.35. The molecule has 18 heteroatoms. The molecule has 0 unspecified atom stereocenters. The van der Waals surface area contributed by atoms with Crippen molar-refractivity contribution < 1.29 is 33.4 Å². The molecule has 290 valence electrons. The number of rotatable bonds is 12. The van der Waals surface area contributed by atoms with E-state index in [0.29, 0.717) is 22.5 Å². The summed E-state index contributed by atoms with van der Waals surface area (Å²) in [6.07, 6.45) is 3.74. The molecule has 3 aliphatic rings. The number of likely N-dealkylation sites (tertiary alicyclic amines) is 1. The second-order valence-corrected chi connectivity index (χ2v) is 16.1. The van der Waals surface area contributed by atoms with Crippen LogP contribution in [-0.2, 0) is 19.1 Å². The van der Waals surface area contributed by atoms with Gasteiger partial charge in [0, 0.05) is 18.4 Å². The Morgan fingerprint density at radius 3 is 2.56 bits per heavy atom. The summed E-state index contributed by atoms with van der Waals surface area (Å²) in [7, 11) is 1.58. The summed E-state index contributed by atoms with van der Waals surface area (Å²) >= 11 is 1.47. The van der Waals surface area contributed by atoms with Crippen LogP contribution in [0.1, 0.15) is 59.3 Å². The first-order valence-corrected chi connectivity index (χ1v) is 19.1. The summed E-state index contributed by atoms with van der Waals surface area (Å²) < 4.78 is 17.7. The molecule has 1 aromatic carbocycles. The number of ether oxygens (including phenoxy) is 3. The van der Waals surface area contributed by atoms with Crippen molar-refractivity contribution in [2.24, 2.45) is 11.3 Å². The Kier molecular flexibility index (Phi) is 10.4. The summed E-state index contributed by atoms with van der Waals surface area (Å²) in [6.45, 7) is 9.30. The maximum Gasteiger partial charge on any atom is 0.408 e. The highest BCUT2D eigenvalue weighted by atomic mass is 32.1. The highest BCUT2D eigenvalue weighted by molar-refractivity contribution is 7.13. The van der Waals surface area contributed by atoms with E-state index < -0.39 is 58.9 Å². The zero-order valence-electron chi connectivity index (χ0n) is 31.0. The summed E-state index contributed by atoms with van der Waals surface area (Å²) in [5, 5.41) is 23.6. The fourth-order valence-electron chi connectivity index (χ4n) is 7.22. The first-order chi connectivity index (χ1) is 26.4. The third kappa shape index (κ3) is 7.94. The van der Waals surface area contributed by atoms with Gasteiger partial charge in [-0.2, -0.15) is 5.21 Å². The Morgan fingerprint density at radius 2 is 1.91 bits per heavy atom. The largest absolute Gasteiger partial charge is 0.497 e. The summed E-state index contributed by atoms with van der Waals surface area (Å²) in [6, 6.07) is 6.98. The minimum absolute atomic E-state index is 0.0258. The molecule has 2 saturated carbocycles. The number of thiophene rings is 1. The van der Waals surface area contributed by atoms with Crippen LogP contribution in [0.2, 0.25) is 0 Å². The van der Waals surface area contributed by atoms with E-state index in [9.17, 15) is 19.2 Å². The van der Waals surface area contributed by atoms with Gasteiger partial charge in [0.15, 0.2) is 0 Å². The van der Waals surface area contributed by atoms with E-state index in [1.807, 2.05) is 38.3 Å². The molecule has 4 N–H and O–H groups in total.